The number of carbonyl (C=O) groups is 11. The van der Waals surface area contributed by atoms with Crippen LogP contribution in [0.15, 0.2) is 103 Å². The maximum atomic E-state index is 15.1. The van der Waals surface area contributed by atoms with Crippen LogP contribution in [0.25, 0.3) is 10.9 Å². The van der Waals surface area contributed by atoms with Crippen molar-refractivity contribution in [3.8, 4) is 0 Å². The Hall–Kier alpha value is -8.31. The molecule has 3 heterocycles. The van der Waals surface area contributed by atoms with E-state index in [9.17, 15) is 53.7 Å². The molecule has 474 valence electrons. The number of aromatic nitrogens is 1. The summed E-state index contributed by atoms with van der Waals surface area (Å²) < 4.78 is 5.34. The molecule has 2 aliphatic rings. The number of aliphatic hydroxyl groups excluding tert-OH is 3. The number of alkyl carbamates (subject to hydrolysis) is 1. The zero-order chi connectivity index (χ0) is 64.1. The van der Waals surface area contributed by atoms with E-state index in [-0.39, 0.29) is 56.6 Å². The Morgan fingerprint density at radius 2 is 1.28 bits per heavy atom. The molecule has 1 saturated heterocycles. The molecule has 6 rings (SSSR count). The second-order valence-electron chi connectivity index (χ2n) is 22.2. The number of para-hydroxylation sites is 1. The van der Waals surface area contributed by atoms with E-state index in [4.69, 9.17) is 4.74 Å². The number of imide groups is 1. The number of aliphatic hydroxyl groups is 3. The monoisotopic (exact) mass is 1260 g/mol. The fourth-order valence-electron chi connectivity index (χ4n) is 9.28. The number of fused-ring (bicyclic) bond motifs is 1. The van der Waals surface area contributed by atoms with Crippen LogP contribution >= 0.6 is 21.6 Å². The average molecular weight is 1260 g/mol. The van der Waals surface area contributed by atoms with Crippen molar-refractivity contribution >= 4 is 97.7 Å². The Kier molecular flexibility index (Phi) is 25.9. The number of carbonyl (C=O) groups excluding carboxylic acids is 11. The molecule has 88 heavy (non-hydrogen) atoms. The molecular formula is C60H77N11O15S2. The molecule has 1 fully saturated rings. The Morgan fingerprint density at radius 1 is 0.693 bits per heavy atom. The number of hydrogen-bond acceptors (Lipinski definition) is 17. The van der Waals surface area contributed by atoms with Crippen LogP contribution in [0.1, 0.15) is 70.6 Å². The molecule has 1 aromatic heterocycles. The number of nitrogens with zero attached hydrogens (tertiary/aromatic N) is 1. The zero-order valence-electron chi connectivity index (χ0n) is 49.4. The number of amides is 11. The van der Waals surface area contributed by atoms with Gasteiger partial charge in [-0.2, -0.15) is 0 Å². The van der Waals surface area contributed by atoms with Gasteiger partial charge in [0.1, 0.15) is 54.4 Å². The first-order valence-electron chi connectivity index (χ1n) is 28.7. The van der Waals surface area contributed by atoms with Crippen LogP contribution < -0.4 is 47.9 Å². The molecule has 0 radical (unpaired) electrons. The number of nitrogens with one attached hydrogen (secondary N) is 10. The SMILES string of the molecule is C[C@@H](O)[C@@H]1NC(=O)[C@H](CCCCNC(=O)OC(C)(C)C)NC(=O)[C@@H](Cc2c[nH]c3ccccc23)NC(=O)[C@H](Cc2ccccc2)NC(=O)[C@@H](NC(=O)[C@@H](Cc2ccccc2)NC(=O)CN2C(=O)C=CC2=O)CSSC[C@@H](C(=O)N[C@H](CO)[C@@H](C)O)NC1=O. The number of unbranched alkanes of at least 4 members (excludes halogenated alkanes) is 1. The summed E-state index contributed by atoms with van der Waals surface area (Å²) in [5, 5.41) is 56.0. The normalized spacial score (nSPS) is 21.5. The molecule has 0 saturated carbocycles. The minimum absolute atomic E-state index is 0.0916. The number of aromatic amines is 1. The Labute approximate surface area is 516 Å². The van der Waals surface area contributed by atoms with Gasteiger partial charge in [0.05, 0.1) is 24.9 Å². The number of H-pyrrole nitrogens is 1. The predicted molar refractivity (Wildman–Crippen MR) is 327 cm³/mol. The summed E-state index contributed by atoms with van der Waals surface area (Å²) in [6, 6.07) is 12.2. The lowest BCUT2D eigenvalue weighted by molar-refractivity contribution is -0.141. The van der Waals surface area contributed by atoms with Crippen molar-refractivity contribution in [2.75, 3.05) is 31.2 Å². The van der Waals surface area contributed by atoms with E-state index in [1.807, 2.05) is 0 Å². The maximum absolute atomic E-state index is 15.1. The fraction of sp³-hybridized carbons (Fsp3) is 0.450. The zero-order valence-corrected chi connectivity index (χ0v) is 51.0. The van der Waals surface area contributed by atoms with Crippen molar-refractivity contribution < 1.29 is 72.8 Å². The van der Waals surface area contributed by atoms with Crippen LogP contribution in [-0.2, 0) is 71.9 Å². The third-order valence-electron chi connectivity index (χ3n) is 14.0. The van der Waals surface area contributed by atoms with E-state index in [1.54, 1.807) is 112 Å². The van der Waals surface area contributed by atoms with E-state index in [0.717, 1.165) is 33.7 Å². The van der Waals surface area contributed by atoms with Crippen molar-refractivity contribution in [2.45, 2.75) is 139 Å². The highest BCUT2D eigenvalue weighted by atomic mass is 33.1. The summed E-state index contributed by atoms with van der Waals surface area (Å²) in [4.78, 5) is 157. The van der Waals surface area contributed by atoms with Crippen molar-refractivity contribution in [1.29, 1.82) is 0 Å². The highest BCUT2D eigenvalue weighted by molar-refractivity contribution is 8.76. The first kappa shape index (κ1) is 68.8. The van der Waals surface area contributed by atoms with Gasteiger partial charge in [0.25, 0.3) is 11.8 Å². The van der Waals surface area contributed by atoms with Gasteiger partial charge in [-0.05, 0) is 76.6 Å². The molecule has 0 bridgehead atoms. The lowest BCUT2D eigenvalue weighted by Crippen LogP contribution is -2.62. The van der Waals surface area contributed by atoms with Crippen LogP contribution in [0.5, 0.6) is 0 Å². The maximum Gasteiger partial charge on any atom is 0.407 e. The highest BCUT2D eigenvalue weighted by Gasteiger charge is 2.37. The molecule has 26 nitrogen and oxygen atoms in total. The standard InChI is InChI=1S/C60H77N11O15S2/c1-34(73)45(31-72)67-57(83)47-33-88-87-32-46(68-53(79)42(26-36-16-8-6-9-17-36)63-48(75)30-71-49(76)23-24-50(71)77)56(82)65-43(27-37-18-10-7-11-19-37)54(80)66-44(28-38-29-62-40-21-13-12-20-39(38)40)55(81)64-41(52(78)70-51(35(2)74)58(84)69-47)22-14-15-25-61-59(85)86-60(3,4)5/h6-13,16-21,23-24,29,34-35,41-47,51,62,72-74H,14-15,22,25-28,30-33H2,1-5H3,(H,61,85)(H,63,75)(H,64,81)(H,65,82)(H,66,80)(H,67,83)(H,68,79)(H,69,84)(H,70,78)/t34-,35-,41+,42-,43+,44-,45-,46+,47+,51+/m1/s1. The quantitative estimate of drug-likeness (QED) is 0.0293. The van der Waals surface area contributed by atoms with Crippen molar-refractivity contribution in [2.24, 2.45) is 0 Å². The van der Waals surface area contributed by atoms with Gasteiger partial charge in [0, 0.05) is 66.6 Å². The minimum atomic E-state index is -1.79. The number of rotatable bonds is 21. The molecule has 10 atom stereocenters. The van der Waals surface area contributed by atoms with E-state index in [0.29, 0.717) is 32.5 Å². The Morgan fingerprint density at radius 3 is 1.92 bits per heavy atom. The lowest BCUT2D eigenvalue weighted by Gasteiger charge is -2.29. The van der Waals surface area contributed by atoms with Crippen molar-refractivity contribution in [3.63, 3.8) is 0 Å². The minimum Gasteiger partial charge on any atom is -0.444 e. The van der Waals surface area contributed by atoms with E-state index in [1.165, 1.54) is 13.8 Å². The highest BCUT2D eigenvalue weighted by Crippen LogP contribution is 2.25. The molecule has 3 aromatic carbocycles. The van der Waals surface area contributed by atoms with Gasteiger partial charge in [-0.1, -0.05) is 100 Å². The van der Waals surface area contributed by atoms with E-state index in [2.05, 4.69) is 52.8 Å². The van der Waals surface area contributed by atoms with Crippen LogP contribution in [0.3, 0.4) is 0 Å². The molecule has 0 aliphatic carbocycles. The van der Waals surface area contributed by atoms with Crippen LogP contribution in [0, 0.1) is 0 Å². The molecule has 11 amide bonds. The van der Waals surface area contributed by atoms with Gasteiger partial charge in [-0.25, -0.2) is 4.79 Å². The third kappa shape index (κ3) is 21.2. The molecule has 2 aliphatic heterocycles. The predicted octanol–water partition coefficient (Wildman–Crippen LogP) is -0.157. The molecule has 0 unspecified atom stereocenters. The second kappa shape index (κ2) is 33.2. The second-order valence-corrected chi connectivity index (χ2v) is 24.8. The summed E-state index contributed by atoms with van der Waals surface area (Å²) in [5.74, 6) is -9.60. The smallest absolute Gasteiger partial charge is 0.407 e. The first-order valence-corrected chi connectivity index (χ1v) is 31.1. The van der Waals surface area contributed by atoms with Crippen molar-refractivity contribution in [3.05, 3.63) is 120 Å². The van der Waals surface area contributed by atoms with E-state index < -0.39 is 144 Å². The van der Waals surface area contributed by atoms with Gasteiger partial charge in [-0.15, -0.1) is 0 Å². The Balaban J connectivity index is 1.41. The lowest BCUT2D eigenvalue weighted by atomic mass is 10.0. The fourth-order valence-corrected chi connectivity index (χ4v) is 11.6. The van der Waals surface area contributed by atoms with Crippen LogP contribution in [0.2, 0.25) is 0 Å². The number of benzene rings is 3. The summed E-state index contributed by atoms with van der Waals surface area (Å²) in [6.45, 7) is 6.24. The molecule has 28 heteroatoms. The van der Waals surface area contributed by atoms with Gasteiger partial charge >= 0.3 is 6.09 Å². The molecule has 0 spiro atoms. The summed E-state index contributed by atoms with van der Waals surface area (Å²) in [7, 11) is 1.84. The third-order valence-corrected chi connectivity index (χ3v) is 16.4. The molecule has 13 N–H and O–H groups in total. The van der Waals surface area contributed by atoms with Crippen LogP contribution in [0.4, 0.5) is 4.79 Å². The number of hydrogen-bond donors (Lipinski definition) is 13. The van der Waals surface area contributed by atoms with E-state index >= 15 is 14.4 Å². The van der Waals surface area contributed by atoms with Gasteiger partial charge in [-0.3, -0.25) is 52.8 Å². The van der Waals surface area contributed by atoms with Crippen LogP contribution in [-0.4, -0.2) is 188 Å². The van der Waals surface area contributed by atoms with Crippen molar-refractivity contribution in [1.82, 2.24) is 57.7 Å². The largest absolute Gasteiger partial charge is 0.444 e. The molecular weight excluding hydrogens is 1180 g/mol. The Bertz CT molecular complexity index is 3120. The first-order chi connectivity index (χ1) is 41.9. The van der Waals surface area contributed by atoms with Gasteiger partial charge < -0.3 is 72.9 Å². The summed E-state index contributed by atoms with van der Waals surface area (Å²) in [6.07, 6.45) is -0.156. The van der Waals surface area contributed by atoms with Gasteiger partial charge in [0.2, 0.25) is 47.3 Å². The topological polar surface area (TPSA) is 385 Å². The van der Waals surface area contributed by atoms with Gasteiger partial charge in [0.15, 0.2) is 0 Å². The molecule has 4 aromatic rings. The summed E-state index contributed by atoms with van der Waals surface area (Å²) in [5.41, 5.74) is 1.61. The summed E-state index contributed by atoms with van der Waals surface area (Å²) >= 11 is 0. The number of ether oxygens (including phenoxy) is 1. The average Bonchev–Trinajstić information content (AvgIpc) is 2.94.